The van der Waals surface area contributed by atoms with Crippen molar-refractivity contribution in [1.29, 1.82) is 0 Å². The molecule has 16 heavy (non-hydrogen) atoms. The Bertz CT molecular complexity index is 219. The highest BCUT2D eigenvalue weighted by atomic mass is 15.3. The summed E-state index contributed by atoms with van der Waals surface area (Å²) in [5.74, 6) is 0.675. The molecule has 94 valence electrons. The highest BCUT2D eigenvalue weighted by molar-refractivity contribution is 4.90. The molecule has 0 aliphatic carbocycles. The van der Waals surface area contributed by atoms with Gasteiger partial charge in [0.2, 0.25) is 0 Å². The smallest absolute Gasteiger partial charge is 0.0224 e. The first-order valence-electron chi connectivity index (χ1n) is 6.89. The molecular formula is C13H27N3. The lowest BCUT2D eigenvalue weighted by molar-refractivity contribution is 0.0562. The van der Waals surface area contributed by atoms with Crippen LogP contribution in [0.4, 0.5) is 0 Å². The lowest BCUT2D eigenvalue weighted by Gasteiger charge is -2.42. The Morgan fingerprint density at radius 3 is 2.94 bits per heavy atom. The summed E-state index contributed by atoms with van der Waals surface area (Å²) in [7, 11) is 0. The Morgan fingerprint density at radius 2 is 2.19 bits per heavy atom. The van der Waals surface area contributed by atoms with Gasteiger partial charge in [-0.15, -0.1) is 0 Å². The largest absolute Gasteiger partial charge is 0.330 e. The first-order valence-corrected chi connectivity index (χ1v) is 6.89. The van der Waals surface area contributed by atoms with Crippen LogP contribution < -0.4 is 5.73 Å². The monoisotopic (exact) mass is 225 g/mol. The van der Waals surface area contributed by atoms with Crippen LogP contribution in [0.3, 0.4) is 0 Å². The number of fused-ring (bicyclic) bond motifs is 1. The van der Waals surface area contributed by atoms with Gasteiger partial charge in [0.25, 0.3) is 0 Å². The first kappa shape index (κ1) is 12.3. The number of hydrogen-bond acceptors (Lipinski definition) is 3. The molecule has 0 amide bonds. The Morgan fingerprint density at radius 1 is 1.38 bits per heavy atom. The fourth-order valence-corrected chi connectivity index (χ4v) is 3.06. The summed E-state index contributed by atoms with van der Waals surface area (Å²) in [6.07, 6.45) is 4.08. The van der Waals surface area contributed by atoms with Gasteiger partial charge in [0.15, 0.2) is 0 Å². The fourth-order valence-electron chi connectivity index (χ4n) is 3.06. The molecule has 2 fully saturated rings. The summed E-state index contributed by atoms with van der Waals surface area (Å²) in [5, 5.41) is 0. The molecule has 2 heterocycles. The van der Waals surface area contributed by atoms with Crippen LogP contribution in [0.5, 0.6) is 0 Å². The molecule has 3 unspecified atom stereocenters. The van der Waals surface area contributed by atoms with Crippen LogP contribution in [0.25, 0.3) is 0 Å². The molecule has 0 bridgehead atoms. The molecule has 2 saturated heterocycles. The molecular weight excluding hydrogens is 198 g/mol. The Balaban J connectivity index is 1.80. The minimum Gasteiger partial charge on any atom is -0.330 e. The highest BCUT2D eigenvalue weighted by Gasteiger charge is 2.33. The van der Waals surface area contributed by atoms with E-state index in [0.717, 1.165) is 18.6 Å². The zero-order valence-electron chi connectivity index (χ0n) is 10.9. The van der Waals surface area contributed by atoms with Gasteiger partial charge in [-0.1, -0.05) is 6.92 Å². The summed E-state index contributed by atoms with van der Waals surface area (Å²) in [4.78, 5) is 5.37. The van der Waals surface area contributed by atoms with Crippen molar-refractivity contribution in [3.63, 3.8) is 0 Å². The SMILES string of the molecule is CC(CN)CCN1CC2CCCN2CC1C. The minimum absolute atomic E-state index is 0.675. The van der Waals surface area contributed by atoms with E-state index >= 15 is 0 Å². The van der Waals surface area contributed by atoms with Crippen molar-refractivity contribution in [3.8, 4) is 0 Å². The summed E-state index contributed by atoms with van der Waals surface area (Å²) in [6, 6.07) is 1.59. The molecule has 0 aromatic heterocycles. The third kappa shape index (κ3) is 2.76. The van der Waals surface area contributed by atoms with Gasteiger partial charge in [0.05, 0.1) is 0 Å². The topological polar surface area (TPSA) is 32.5 Å². The molecule has 2 N–H and O–H groups in total. The van der Waals surface area contributed by atoms with Crippen LogP contribution in [-0.2, 0) is 0 Å². The third-order valence-electron chi connectivity index (χ3n) is 4.38. The van der Waals surface area contributed by atoms with Gasteiger partial charge in [-0.25, -0.2) is 0 Å². The van der Waals surface area contributed by atoms with E-state index in [4.69, 9.17) is 5.73 Å². The molecule has 0 saturated carbocycles. The van der Waals surface area contributed by atoms with Crippen LogP contribution in [0, 0.1) is 5.92 Å². The number of nitrogens with zero attached hydrogens (tertiary/aromatic N) is 2. The number of rotatable bonds is 4. The van der Waals surface area contributed by atoms with Gasteiger partial charge in [0.1, 0.15) is 0 Å². The van der Waals surface area contributed by atoms with Crippen molar-refractivity contribution < 1.29 is 0 Å². The van der Waals surface area contributed by atoms with Crippen molar-refractivity contribution in [1.82, 2.24) is 9.80 Å². The predicted molar refractivity (Wildman–Crippen MR) is 68.5 cm³/mol. The molecule has 0 spiro atoms. The van der Waals surface area contributed by atoms with E-state index in [9.17, 15) is 0 Å². The fraction of sp³-hybridized carbons (Fsp3) is 1.00. The van der Waals surface area contributed by atoms with Gasteiger partial charge >= 0.3 is 0 Å². The molecule has 3 nitrogen and oxygen atoms in total. The summed E-state index contributed by atoms with van der Waals surface area (Å²) < 4.78 is 0. The van der Waals surface area contributed by atoms with Crippen molar-refractivity contribution >= 4 is 0 Å². The van der Waals surface area contributed by atoms with E-state index in [1.165, 1.54) is 45.4 Å². The van der Waals surface area contributed by atoms with Gasteiger partial charge < -0.3 is 5.73 Å². The van der Waals surface area contributed by atoms with Crippen molar-refractivity contribution in [2.24, 2.45) is 11.7 Å². The Labute approximate surface area is 100.0 Å². The number of hydrogen-bond donors (Lipinski definition) is 1. The Kier molecular flexibility index (Phi) is 4.22. The highest BCUT2D eigenvalue weighted by Crippen LogP contribution is 2.24. The van der Waals surface area contributed by atoms with Crippen LogP contribution >= 0.6 is 0 Å². The average Bonchev–Trinajstić information content (AvgIpc) is 2.72. The van der Waals surface area contributed by atoms with Crippen LogP contribution in [0.15, 0.2) is 0 Å². The van der Waals surface area contributed by atoms with E-state index in [0.29, 0.717) is 5.92 Å². The molecule has 3 heteroatoms. The van der Waals surface area contributed by atoms with Gasteiger partial charge in [-0.05, 0) is 51.7 Å². The number of piperazine rings is 1. The van der Waals surface area contributed by atoms with E-state index in [1.54, 1.807) is 0 Å². The lowest BCUT2D eigenvalue weighted by Crippen LogP contribution is -2.55. The van der Waals surface area contributed by atoms with Crippen LogP contribution in [0.1, 0.15) is 33.1 Å². The molecule has 0 radical (unpaired) electrons. The van der Waals surface area contributed by atoms with Crippen LogP contribution in [0.2, 0.25) is 0 Å². The minimum atomic E-state index is 0.675. The van der Waals surface area contributed by atoms with E-state index in [-0.39, 0.29) is 0 Å². The third-order valence-corrected chi connectivity index (χ3v) is 4.38. The zero-order valence-corrected chi connectivity index (χ0v) is 10.9. The standard InChI is InChI=1S/C13H27N3/c1-11(8-14)5-7-15-10-13-4-3-6-16(13)9-12(15)2/h11-13H,3-10,14H2,1-2H3. The average molecular weight is 225 g/mol. The lowest BCUT2D eigenvalue weighted by atomic mass is 10.0. The summed E-state index contributed by atoms with van der Waals surface area (Å²) >= 11 is 0. The molecule has 2 aliphatic rings. The van der Waals surface area contributed by atoms with E-state index in [1.807, 2.05) is 0 Å². The molecule has 2 rings (SSSR count). The normalized spacial score (nSPS) is 33.9. The Hall–Kier alpha value is -0.120. The predicted octanol–water partition coefficient (Wildman–Crippen LogP) is 1.14. The molecule has 0 aromatic rings. The summed E-state index contributed by atoms with van der Waals surface area (Å²) in [5.41, 5.74) is 5.68. The molecule has 2 aliphatic heterocycles. The number of nitrogens with two attached hydrogens (primary N) is 1. The maximum absolute atomic E-state index is 5.68. The molecule has 3 atom stereocenters. The van der Waals surface area contributed by atoms with Gasteiger partial charge in [0, 0.05) is 25.2 Å². The van der Waals surface area contributed by atoms with Crippen LogP contribution in [-0.4, -0.2) is 54.6 Å². The van der Waals surface area contributed by atoms with E-state index in [2.05, 4.69) is 23.6 Å². The quantitative estimate of drug-likeness (QED) is 0.779. The molecule has 0 aromatic carbocycles. The van der Waals surface area contributed by atoms with Gasteiger partial charge in [-0.2, -0.15) is 0 Å². The van der Waals surface area contributed by atoms with E-state index < -0.39 is 0 Å². The zero-order chi connectivity index (χ0) is 11.5. The maximum Gasteiger partial charge on any atom is 0.0224 e. The van der Waals surface area contributed by atoms with Gasteiger partial charge in [-0.3, -0.25) is 9.80 Å². The second-order valence-corrected chi connectivity index (χ2v) is 5.76. The van der Waals surface area contributed by atoms with Crippen molar-refractivity contribution in [2.75, 3.05) is 32.7 Å². The van der Waals surface area contributed by atoms with Crippen molar-refractivity contribution in [2.45, 2.75) is 45.2 Å². The van der Waals surface area contributed by atoms with Crippen molar-refractivity contribution in [3.05, 3.63) is 0 Å². The second-order valence-electron chi connectivity index (χ2n) is 5.76. The second kappa shape index (κ2) is 5.48. The maximum atomic E-state index is 5.68. The first-order chi connectivity index (χ1) is 7.70. The summed E-state index contributed by atoms with van der Waals surface area (Å²) in [6.45, 7) is 10.6.